The minimum atomic E-state index is -1.35. The Hall–Kier alpha value is -1.80. The first-order valence-electron chi connectivity index (χ1n) is 9.92. The van der Waals surface area contributed by atoms with Crippen LogP contribution in [0.25, 0.3) is 0 Å². The van der Waals surface area contributed by atoms with Gasteiger partial charge in [-0.05, 0) is 11.1 Å². The average Bonchev–Trinajstić information content (AvgIpc) is 2.77. The van der Waals surface area contributed by atoms with E-state index >= 15 is 0 Å². The van der Waals surface area contributed by atoms with E-state index in [2.05, 4.69) is 0 Å². The summed E-state index contributed by atoms with van der Waals surface area (Å²) < 4.78 is 38.4. The summed E-state index contributed by atoms with van der Waals surface area (Å²) in [6.45, 7) is -2.14. The van der Waals surface area contributed by atoms with Crippen molar-refractivity contribution in [3.05, 3.63) is 71.8 Å². The summed E-state index contributed by atoms with van der Waals surface area (Å²) in [6.07, 6.45) is -5.64. The smallest absolute Gasteiger partial charge is 0.186 e. The molecular weight excluding hydrogens is 348 g/mol. The highest BCUT2D eigenvalue weighted by Crippen LogP contribution is 2.25. The van der Waals surface area contributed by atoms with Crippen LogP contribution in [-0.4, -0.2) is 54.6 Å². The van der Waals surface area contributed by atoms with Crippen LogP contribution in [0.1, 0.15) is 13.9 Å². The molecular formula is C21H26O6. The van der Waals surface area contributed by atoms with Gasteiger partial charge in [0.2, 0.25) is 0 Å². The normalized spacial score (nSPS) is 31.6. The molecule has 2 aromatic carbocycles. The summed E-state index contributed by atoms with van der Waals surface area (Å²) >= 11 is 0. The van der Waals surface area contributed by atoms with Gasteiger partial charge in [0.1, 0.15) is 24.4 Å². The number of methoxy groups -OCH3 is 1. The molecule has 1 saturated heterocycles. The van der Waals surface area contributed by atoms with Gasteiger partial charge in [0.15, 0.2) is 6.29 Å². The Bertz CT molecular complexity index is 730. The lowest BCUT2D eigenvalue weighted by atomic mass is 9.99. The zero-order valence-corrected chi connectivity index (χ0v) is 15.0. The Balaban J connectivity index is 1.61. The fraction of sp³-hybridized carbons (Fsp3) is 0.429. The van der Waals surface area contributed by atoms with Crippen molar-refractivity contribution in [2.24, 2.45) is 0 Å². The monoisotopic (exact) mass is 376 g/mol. The molecule has 3 rings (SSSR count). The summed E-state index contributed by atoms with van der Waals surface area (Å²) in [6, 6.07) is 17.9. The van der Waals surface area contributed by atoms with E-state index in [9.17, 15) is 10.2 Å². The van der Waals surface area contributed by atoms with Gasteiger partial charge in [0.25, 0.3) is 0 Å². The third-order valence-electron chi connectivity index (χ3n) is 4.32. The molecule has 0 radical (unpaired) electrons. The highest BCUT2D eigenvalue weighted by molar-refractivity contribution is 5.14. The largest absolute Gasteiger partial charge is 0.387 e. The van der Waals surface area contributed by atoms with Crippen LogP contribution >= 0.6 is 0 Å². The summed E-state index contributed by atoms with van der Waals surface area (Å²) in [5, 5.41) is 21.0. The zero-order chi connectivity index (χ0) is 20.8. The molecule has 27 heavy (non-hydrogen) atoms. The van der Waals surface area contributed by atoms with Crippen molar-refractivity contribution in [3.8, 4) is 0 Å². The predicted octanol–water partition coefficient (Wildman–Crippen LogP) is 1.88. The second kappa shape index (κ2) is 9.94. The molecule has 2 aromatic rings. The number of benzene rings is 2. The average molecular weight is 376 g/mol. The van der Waals surface area contributed by atoms with Gasteiger partial charge >= 0.3 is 0 Å². The number of aliphatic hydroxyl groups is 2. The molecule has 146 valence electrons. The molecule has 0 spiro atoms. The molecule has 0 bridgehead atoms. The van der Waals surface area contributed by atoms with Crippen molar-refractivity contribution in [2.45, 2.75) is 43.9 Å². The van der Waals surface area contributed by atoms with Gasteiger partial charge in [-0.15, -0.1) is 0 Å². The van der Waals surface area contributed by atoms with Gasteiger partial charge in [-0.25, -0.2) is 0 Å². The second-order valence-electron chi connectivity index (χ2n) is 6.25. The van der Waals surface area contributed by atoms with Crippen LogP contribution in [0.4, 0.5) is 0 Å². The van der Waals surface area contributed by atoms with Gasteiger partial charge < -0.3 is 29.2 Å². The summed E-state index contributed by atoms with van der Waals surface area (Å²) in [5.41, 5.74) is 1.28. The molecule has 0 saturated carbocycles. The number of rotatable bonds is 8. The Labute approximate surface area is 162 Å². The molecule has 2 N–H and O–H groups in total. The van der Waals surface area contributed by atoms with Crippen LogP contribution in [0.15, 0.2) is 60.7 Å². The fourth-order valence-corrected chi connectivity index (χ4v) is 2.84. The van der Waals surface area contributed by atoms with Crippen LogP contribution < -0.4 is 0 Å². The molecule has 0 aromatic heterocycles. The van der Waals surface area contributed by atoms with Crippen LogP contribution in [0.2, 0.25) is 0 Å². The predicted molar refractivity (Wildman–Crippen MR) is 98.8 cm³/mol. The number of ether oxygens (including phenoxy) is 4. The fourth-order valence-electron chi connectivity index (χ4n) is 2.84. The zero-order valence-electron chi connectivity index (χ0n) is 17.0. The first-order valence-corrected chi connectivity index (χ1v) is 8.77. The van der Waals surface area contributed by atoms with E-state index in [0.29, 0.717) is 11.1 Å². The van der Waals surface area contributed by atoms with Gasteiger partial charge in [-0.2, -0.15) is 0 Å². The van der Waals surface area contributed by atoms with Crippen LogP contribution in [0.3, 0.4) is 0 Å². The highest BCUT2D eigenvalue weighted by atomic mass is 16.7. The van der Waals surface area contributed by atoms with Gasteiger partial charge in [-0.3, -0.25) is 0 Å². The van der Waals surface area contributed by atoms with E-state index in [4.69, 9.17) is 21.7 Å². The first-order chi connectivity index (χ1) is 14.0. The molecule has 6 heteroatoms. The topological polar surface area (TPSA) is 77.4 Å². The lowest BCUT2D eigenvalue weighted by Gasteiger charge is -2.41. The molecule has 7 atom stereocenters. The molecule has 1 fully saturated rings. The summed E-state index contributed by atoms with van der Waals surface area (Å²) in [5.74, 6) is 0. The van der Waals surface area contributed by atoms with Crippen molar-refractivity contribution in [2.75, 3.05) is 13.7 Å². The van der Waals surface area contributed by atoms with E-state index in [1.165, 1.54) is 7.11 Å². The van der Waals surface area contributed by atoms with E-state index in [1.807, 2.05) is 24.3 Å². The lowest BCUT2D eigenvalue weighted by Crippen LogP contribution is -2.59. The number of hydrogen-bond acceptors (Lipinski definition) is 6. The maximum atomic E-state index is 10.6. The standard InChI is InChI=1S/C21H26O6/c1-24-21-20(26-13-16-10-6-3-7-11-16)19(23)18(22)17(27-21)14-25-12-15-8-4-2-5-9-15/h2-11,17-23H,12-14H2,1H3/t17-,18+,19+,20-,21?/m1/s1/i12D,13D/t12?,13?,17-,18+,19+,20-,21?. The molecule has 0 aliphatic carbocycles. The molecule has 0 amide bonds. The highest BCUT2D eigenvalue weighted by Gasteiger charge is 2.45. The van der Waals surface area contributed by atoms with Crippen molar-refractivity contribution in [3.63, 3.8) is 0 Å². The van der Waals surface area contributed by atoms with Gasteiger partial charge in [-0.1, -0.05) is 60.7 Å². The van der Waals surface area contributed by atoms with Crippen LogP contribution in [-0.2, 0) is 32.1 Å². The summed E-state index contributed by atoms with van der Waals surface area (Å²) in [4.78, 5) is 0. The molecule has 6 nitrogen and oxygen atoms in total. The van der Waals surface area contributed by atoms with Crippen LogP contribution in [0, 0.1) is 0 Å². The van der Waals surface area contributed by atoms with E-state index in [0.717, 1.165) is 0 Å². The van der Waals surface area contributed by atoms with Crippen LogP contribution in [0.5, 0.6) is 0 Å². The first kappa shape index (κ1) is 17.3. The summed E-state index contributed by atoms with van der Waals surface area (Å²) in [7, 11) is 1.39. The maximum absolute atomic E-state index is 10.6. The lowest BCUT2D eigenvalue weighted by molar-refractivity contribution is -0.307. The van der Waals surface area contributed by atoms with E-state index in [-0.39, 0.29) is 6.61 Å². The van der Waals surface area contributed by atoms with Crippen molar-refractivity contribution in [1.82, 2.24) is 0 Å². The number of aliphatic hydroxyl groups excluding tert-OH is 2. The minimum Gasteiger partial charge on any atom is -0.387 e. The van der Waals surface area contributed by atoms with Gasteiger partial charge in [0, 0.05) is 7.11 Å². The van der Waals surface area contributed by atoms with Crippen molar-refractivity contribution >= 4 is 0 Å². The van der Waals surface area contributed by atoms with Gasteiger partial charge in [0.05, 0.1) is 22.5 Å². The minimum absolute atomic E-state index is 0.114. The molecule has 1 aliphatic rings. The Morgan fingerprint density at radius 3 is 2.11 bits per heavy atom. The Kier molecular flexibility index (Phi) is 6.37. The molecule has 1 aliphatic heterocycles. The maximum Gasteiger partial charge on any atom is 0.186 e. The van der Waals surface area contributed by atoms with Crippen molar-refractivity contribution < 1.29 is 31.9 Å². The third-order valence-corrected chi connectivity index (χ3v) is 4.32. The quantitative estimate of drug-likeness (QED) is 0.733. The van der Waals surface area contributed by atoms with Crippen molar-refractivity contribution in [1.29, 1.82) is 0 Å². The van der Waals surface area contributed by atoms with E-state index < -0.39 is 43.9 Å². The number of hydrogen-bond donors (Lipinski definition) is 2. The second-order valence-corrected chi connectivity index (χ2v) is 6.25. The van der Waals surface area contributed by atoms with E-state index in [1.54, 1.807) is 36.4 Å². The molecule has 1 heterocycles. The molecule has 3 unspecified atom stereocenters. The Morgan fingerprint density at radius 2 is 1.52 bits per heavy atom. The third kappa shape index (κ3) is 5.35. The Morgan fingerprint density at radius 1 is 0.926 bits per heavy atom. The SMILES string of the molecule is [2H]C(OC[C@H]1OC(OC)[C@H](OC([2H])c2ccccc2)[C@@H](O)[C@H]1O)c1ccccc1.